The number of nitrogens with one attached hydrogen (secondary N) is 1. The van der Waals surface area contributed by atoms with Gasteiger partial charge in [0.25, 0.3) is 0 Å². The van der Waals surface area contributed by atoms with Crippen LogP contribution in [-0.4, -0.2) is 34.7 Å². The van der Waals surface area contributed by atoms with Crippen molar-refractivity contribution in [2.75, 3.05) is 11.9 Å². The Morgan fingerprint density at radius 2 is 1.96 bits per heavy atom. The largest absolute Gasteiger partial charge is 0.491 e. The summed E-state index contributed by atoms with van der Waals surface area (Å²) in [6.07, 6.45) is 2.71. The Balaban J connectivity index is 2.92. The first-order chi connectivity index (χ1) is 10.9. The van der Waals surface area contributed by atoms with Crippen LogP contribution >= 0.6 is 0 Å². The zero-order chi connectivity index (χ0) is 17.2. The van der Waals surface area contributed by atoms with Gasteiger partial charge in [-0.15, -0.1) is 0 Å². The zero-order valence-electron chi connectivity index (χ0n) is 12.7. The smallest absolute Gasteiger partial charge is 0.328 e. The van der Waals surface area contributed by atoms with Crippen molar-refractivity contribution in [1.82, 2.24) is 0 Å². The highest BCUT2D eigenvalue weighted by molar-refractivity contribution is 6.03. The van der Waals surface area contributed by atoms with E-state index in [4.69, 9.17) is 14.9 Å². The highest BCUT2D eigenvalue weighted by Crippen LogP contribution is 2.26. The third-order valence-corrected chi connectivity index (χ3v) is 2.77. The van der Waals surface area contributed by atoms with Crippen LogP contribution in [0, 0.1) is 0 Å². The molecule has 0 saturated carbocycles. The Labute approximate surface area is 133 Å². The number of carbonyl (C=O) groups excluding carboxylic acids is 1. The normalized spacial score (nSPS) is 10.5. The quantitative estimate of drug-likeness (QED) is 0.600. The molecular formula is C16H19NO6. The Morgan fingerprint density at radius 3 is 2.57 bits per heavy atom. The van der Waals surface area contributed by atoms with Crippen molar-refractivity contribution < 1.29 is 29.3 Å². The first kappa shape index (κ1) is 18.2. The van der Waals surface area contributed by atoms with Gasteiger partial charge in [0, 0.05) is 18.6 Å². The number of amides is 1. The average molecular weight is 321 g/mol. The second-order valence-corrected chi connectivity index (χ2v) is 4.73. The number of anilines is 1. The summed E-state index contributed by atoms with van der Waals surface area (Å²) >= 11 is 0. The van der Waals surface area contributed by atoms with E-state index < -0.39 is 17.8 Å². The number of carboxylic acids is 2. The van der Waals surface area contributed by atoms with Gasteiger partial charge in [0.2, 0.25) is 5.91 Å². The lowest BCUT2D eigenvalue weighted by atomic mass is 10.1. The molecule has 0 saturated heterocycles. The molecule has 0 aliphatic heterocycles. The second kappa shape index (κ2) is 9.24. The number of hydrogen-bond acceptors (Lipinski definition) is 4. The van der Waals surface area contributed by atoms with E-state index in [2.05, 4.69) is 5.32 Å². The van der Waals surface area contributed by atoms with Gasteiger partial charge in [-0.3, -0.25) is 9.59 Å². The predicted molar refractivity (Wildman–Crippen MR) is 83.6 cm³/mol. The van der Waals surface area contributed by atoms with Crippen molar-refractivity contribution in [1.29, 1.82) is 0 Å². The first-order valence-corrected chi connectivity index (χ1v) is 7.12. The van der Waals surface area contributed by atoms with E-state index >= 15 is 0 Å². The van der Waals surface area contributed by atoms with Crippen molar-refractivity contribution in [3.63, 3.8) is 0 Å². The molecule has 0 spiro atoms. The lowest BCUT2D eigenvalue weighted by molar-refractivity contribution is -0.137. The first-order valence-electron chi connectivity index (χ1n) is 7.12. The van der Waals surface area contributed by atoms with E-state index in [1.54, 1.807) is 18.2 Å². The summed E-state index contributed by atoms with van der Waals surface area (Å²) in [6, 6.07) is 5.01. The monoisotopic (exact) mass is 321 g/mol. The van der Waals surface area contributed by atoms with Crippen LogP contribution in [0.3, 0.4) is 0 Å². The highest BCUT2D eigenvalue weighted by Gasteiger charge is 2.09. The summed E-state index contributed by atoms with van der Waals surface area (Å²) in [4.78, 5) is 32.8. The molecule has 23 heavy (non-hydrogen) atoms. The van der Waals surface area contributed by atoms with Crippen LogP contribution in [0.4, 0.5) is 5.69 Å². The molecule has 0 aromatic heterocycles. The number of carbonyl (C=O) groups is 3. The molecule has 1 amide bonds. The second-order valence-electron chi connectivity index (χ2n) is 4.73. The number of aryl methyl sites for hydroxylation is 1. The summed E-state index contributed by atoms with van der Waals surface area (Å²) in [5.74, 6) is -2.30. The average Bonchev–Trinajstić information content (AvgIpc) is 2.50. The maximum absolute atomic E-state index is 11.7. The SMILES string of the molecule is CCCOc1ccc(CCC(=O)O)cc1NC(=O)/C=C/C(=O)O. The number of aliphatic carboxylic acids is 2. The minimum absolute atomic E-state index is 0.0263. The molecular weight excluding hydrogens is 302 g/mol. The van der Waals surface area contributed by atoms with Gasteiger partial charge in [0.05, 0.1) is 12.3 Å². The van der Waals surface area contributed by atoms with E-state index in [1.165, 1.54) is 0 Å². The third kappa shape index (κ3) is 7.12. The van der Waals surface area contributed by atoms with Gasteiger partial charge in [-0.25, -0.2) is 4.79 Å². The molecule has 1 rings (SSSR count). The Hall–Kier alpha value is -2.83. The fourth-order valence-electron chi connectivity index (χ4n) is 1.74. The van der Waals surface area contributed by atoms with Gasteiger partial charge < -0.3 is 20.3 Å². The van der Waals surface area contributed by atoms with Crippen LogP contribution in [0.15, 0.2) is 30.4 Å². The molecule has 0 fully saturated rings. The highest BCUT2D eigenvalue weighted by atomic mass is 16.5. The van der Waals surface area contributed by atoms with Crippen LogP contribution in [0.5, 0.6) is 5.75 Å². The molecule has 0 atom stereocenters. The van der Waals surface area contributed by atoms with E-state index in [9.17, 15) is 14.4 Å². The molecule has 124 valence electrons. The van der Waals surface area contributed by atoms with Gasteiger partial charge in [0.15, 0.2) is 0 Å². The van der Waals surface area contributed by atoms with Crippen molar-refractivity contribution in [2.24, 2.45) is 0 Å². The van der Waals surface area contributed by atoms with Crippen molar-refractivity contribution in [2.45, 2.75) is 26.2 Å². The molecule has 1 aromatic rings. The summed E-state index contributed by atoms with van der Waals surface area (Å²) in [6.45, 7) is 2.40. The number of carboxylic acid groups (broad SMARTS) is 2. The van der Waals surface area contributed by atoms with Crippen molar-refractivity contribution in [3.8, 4) is 5.75 Å². The molecule has 0 radical (unpaired) electrons. The van der Waals surface area contributed by atoms with E-state index in [-0.39, 0.29) is 6.42 Å². The van der Waals surface area contributed by atoms with E-state index in [1.807, 2.05) is 6.92 Å². The standard InChI is InChI=1S/C16H19NO6/c1-2-9-23-13-5-3-11(4-7-15(19)20)10-12(13)17-14(18)6-8-16(21)22/h3,5-6,8,10H,2,4,7,9H2,1H3,(H,17,18)(H,19,20)(H,21,22)/b8-6+. The number of hydrogen-bond donors (Lipinski definition) is 3. The van der Waals surface area contributed by atoms with Crippen LogP contribution in [-0.2, 0) is 20.8 Å². The Morgan fingerprint density at radius 1 is 1.22 bits per heavy atom. The van der Waals surface area contributed by atoms with Gasteiger partial charge in [0.1, 0.15) is 5.75 Å². The van der Waals surface area contributed by atoms with Gasteiger partial charge in [-0.1, -0.05) is 13.0 Å². The summed E-state index contributed by atoms with van der Waals surface area (Å²) < 4.78 is 5.52. The fourth-order valence-corrected chi connectivity index (χ4v) is 1.74. The maximum atomic E-state index is 11.7. The predicted octanol–water partition coefficient (Wildman–Crippen LogP) is 2.07. The van der Waals surface area contributed by atoms with Crippen LogP contribution < -0.4 is 10.1 Å². The maximum Gasteiger partial charge on any atom is 0.328 e. The van der Waals surface area contributed by atoms with Gasteiger partial charge in [-0.05, 0) is 30.5 Å². The summed E-state index contributed by atoms with van der Waals surface area (Å²) in [7, 11) is 0. The van der Waals surface area contributed by atoms with Crippen molar-refractivity contribution >= 4 is 23.5 Å². The topological polar surface area (TPSA) is 113 Å². The van der Waals surface area contributed by atoms with Gasteiger partial charge in [-0.2, -0.15) is 0 Å². The number of ether oxygens (including phenoxy) is 1. The van der Waals surface area contributed by atoms with Crippen LogP contribution in [0.2, 0.25) is 0 Å². The fraction of sp³-hybridized carbons (Fsp3) is 0.312. The Bertz CT molecular complexity index is 609. The van der Waals surface area contributed by atoms with Gasteiger partial charge >= 0.3 is 11.9 Å². The summed E-state index contributed by atoms with van der Waals surface area (Å²) in [5.41, 5.74) is 1.11. The number of benzene rings is 1. The lowest BCUT2D eigenvalue weighted by Gasteiger charge is -2.13. The molecule has 1 aromatic carbocycles. The molecule has 0 heterocycles. The molecule has 0 aliphatic carbocycles. The molecule has 0 bridgehead atoms. The minimum Gasteiger partial charge on any atom is -0.491 e. The third-order valence-electron chi connectivity index (χ3n) is 2.77. The van der Waals surface area contributed by atoms with E-state index in [0.717, 1.165) is 24.1 Å². The Kier molecular flexibility index (Phi) is 7.32. The van der Waals surface area contributed by atoms with Crippen LogP contribution in [0.25, 0.3) is 0 Å². The molecule has 0 unspecified atom stereocenters. The molecule has 0 aliphatic rings. The zero-order valence-corrected chi connectivity index (χ0v) is 12.7. The van der Waals surface area contributed by atoms with Crippen molar-refractivity contribution in [3.05, 3.63) is 35.9 Å². The summed E-state index contributed by atoms with van der Waals surface area (Å²) in [5, 5.41) is 19.8. The molecule has 3 N–H and O–H groups in total. The number of rotatable bonds is 9. The van der Waals surface area contributed by atoms with E-state index in [0.29, 0.717) is 24.5 Å². The minimum atomic E-state index is -1.22. The molecule has 7 heteroatoms. The molecule has 7 nitrogen and oxygen atoms in total. The van der Waals surface area contributed by atoms with Crippen LogP contribution in [0.1, 0.15) is 25.3 Å². The lowest BCUT2D eigenvalue weighted by Crippen LogP contribution is -2.11.